The Labute approximate surface area is 220 Å². The average Bonchev–Trinajstić information content (AvgIpc) is 2.84. The molecule has 0 spiro atoms. The van der Waals surface area contributed by atoms with E-state index in [1.54, 1.807) is 40.0 Å². The Bertz CT molecular complexity index is 1510. The Balaban J connectivity index is 1.89. The molecule has 3 N–H and O–H groups in total. The summed E-state index contributed by atoms with van der Waals surface area (Å²) >= 11 is 0. The number of hydrogen-bond donors (Lipinski definition) is 2. The number of nitrogens with two attached hydrogens (primary N) is 1. The van der Waals surface area contributed by atoms with Crippen molar-refractivity contribution in [2.24, 2.45) is 16.6 Å². The molecule has 7 nitrogen and oxygen atoms in total. The Hall–Kier alpha value is -3.78. The van der Waals surface area contributed by atoms with Gasteiger partial charge >= 0.3 is 5.97 Å². The number of nitrogens with zero attached hydrogens (tertiary/aromatic N) is 1. The molecule has 3 unspecified atom stereocenters. The van der Waals surface area contributed by atoms with Crippen LogP contribution < -0.4 is 5.73 Å². The first kappa shape index (κ1) is 25.9. The van der Waals surface area contributed by atoms with Crippen molar-refractivity contribution in [2.45, 2.75) is 58.3 Å². The first-order chi connectivity index (χ1) is 17.8. The van der Waals surface area contributed by atoms with E-state index in [1.165, 1.54) is 17.7 Å². The van der Waals surface area contributed by atoms with Gasteiger partial charge in [-0.05, 0) is 81.0 Å². The quantitative estimate of drug-likeness (QED) is 0.550. The summed E-state index contributed by atoms with van der Waals surface area (Å²) in [7, 11) is 0. The Morgan fingerprint density at radius 3 is 2.63 bits per heavy atom. The van der Waals surface area contributed by atoms with Crippen LogP contribution in [0.3, 0.4) is 0 Å². The molecule has 1 fully saturated rings. The van der Waals surface area contributed by atoms with Crippen LogP contribution >= 0.6 is 0 Å². The zero-order valence-electron chi connectivity index (χ0n) is 22.1. The number of rotatable bonds is 5. The molecule has 2 aromatic rings. The summed E-state index contributed by atoms with van der Waals surface area (Å²) in [6, 6.07) is 4.57. The maximum absolute atomic E-state index is 16.0. The smallest absolute Gasteiger partial charge is 0.337 e. The van der Waals surface area contributed by atoms with Gasteiger partial charge in [-0.1, -0.05) is 17.7 Å². The van der Waals surface area contributed by atoms with E-state index in [0.717, 1.165) is 17.8 Å². The Morgan fingerprint density at radius 2 is 1.97 bits per heavy atom. The van der Waals surface area contributed by atoms with Gasteiger partial charge < -0.3 is 20.3 Å². The molecule has 2 aliphatic heterocycles. The highest BCUT2D eigenvalue weighted by Gasteiger charge is 2.49. The summed E-state index contributed by atoms with van der Waals surface area (Å²) in [4.78, 5) is 29.5. The lowest BCUT2D eigenvalue weighted by atomic mass is 9.66. The number of aliphatic carboxylic acids is 1. The lowest BCUT2D eigenvalue weighted by molar-refractivity contribution is -0.160. The second-order valence-corrected chi connectivity index (χ2v) is 11.1. The van der Waals surface area contributed by atoms with Gasteiger partial charge in [0.05, 0.1) is 23.7 Å². The summed E-state index contributed by atoms with van der Waals surface area (Å²) < 4.78 is 28.1. The van der Waals surface area contributed by atoms with E-state index in [2.05, 4.69) is 0 Å². The summed E-state index contributed by atoms with van der Waals surface area (Å²) in [5.41, 5.74) is 6.75. The fraction of sp³-hybridized carbons (Fsp3) is 0.367. The van der Waals surface area contributed by atoms with Gasteiger partial charge in [-0.2, -0.15) is 0 Å². The Morgan fingerprint density at radius 1 is 1.24 bits per heavy atom. The first-order valence-corrected chi connectivity index (χ1v) is 12.6. The second-order valence-electron chi connectivity index (χ2n) is 11.1. The van der Waals surface area contributed by atoms with Crippen LogP contribution in [0.4, 0.5) is 4.39 Å². The third-order valence-electron chi connectivity index (χ3n) is 7.51. The van der Waals surface area contributed by atoms with Gasteiger partial charge in [0.25, 0.3) is 0 Å². The van der Waals surface area contributed by atoms with E-state index >= 15 is 4.39 Å². The largest absolute Gasteiger partial charge is 0.497 e. The van der Waals surface area contributed by atoms with Crippen molar-refractivity contribution in [1.82, 2.24) is 0 Å². The van der Waals surface area contributed by atoms with Crippen LogP contribution in [0.2, 0.25) is 0 Å². The van der Waals surface area contributed by atoms with Crippen molar-refractivity contribution >= 4 is 34.4 Å². The van der Waals surface area contributed by atoms with Crippen molar-refractivity contribution in [3.63, 3.8) is 0 Å². The number of ether oxygens (including phenoxy) is 2. The molecule has 0 bridgehead atoms. The van der Waals surface area contributed by atoms with Crippen LogP contribution in [0.15, 0.2) is 52.8 Å². The van der Waals surface area contributed by atoms with Gasteiger partial charge in [0, 0.05) is 29.1 Å². The molecule has 2 aromatic carbocycles. The van der Waals surface area contributed by atoms with Crippen LogP contribution in [-0.2, 0) is 14.3 Å². The van der Waals surface area contributed by atoms with E-state index in [0.29, 0.717) is 17.6 Å². The van der Waals surface area contributed by atoms with Gasteiger partial charge in [-0.3, -0.25) is 9.79 Å². The fourth-order valence-corrected chi connectivity index (χ4v) is 5.87. The number of carboxylic acid groups (broad SMARTS) is 1. The maximum Gasteiger partial charge on any atom is 0.337 e. The molecule has 38 heavy (non-hydrogen) atoms. The Kier molecular flexibility index (Phi) is 6.06. The molecule has 198 valence electrons. The number of fused-ring (bicyclic) bond motifs is 1. The molecular formula is C30H31FN2O5. The van der Waals surface area contributed by atoms with Gasteiger partial charge in [0.15, 0.2) is 6.10 Å². The van der Waals surface area contributed by atoms with Gasteiger partial charge in [-0.15, -0.1) is 0 Å². The van der Waals surface area contributed by atoms with Crippen LogP contribution in [0.25, 0.3) is 16.3 Å². The maximum atomic E-state index is 16.0. The molecule has 1 aliphatic carbocycles. The standard InChI is InChI=1S/C30H31FN2O5/c1-15-22(26(28(35)36)38-29(2,3)4)23(18-7-6-17(27(32)34)14-19(18)25(15)31)20-8-9-21-24-16(11-13-37-21)10-12-33-30(20,24)5/h6-10,12,14,24,26H,11,13H2,1-5H3,(H2,32,34)(H,35,36). The number of carbonyl (C=O) groups excluding carboxylic acids is 1. The zero-order chi connectivity index (χ0) is 27.6. The molecule has 2 heterocycles. The summed E-state index contributed by atoms with van der Waals surface area (Å²) in [6.07, 6.45) is 6.84. The molecule has 1 amide bonds. The highest BCUT2D eigenvalue weighted by molar-refractivity contribution is 6.04. The molecule has 0 aromatic heterocycles. The number of primary amides is 1. The van der Waals surface area contributed by atoms with Crippen molar-refractivity contribution in [3.8, 4) is 0 Å². The lowest BCUT2D eigenvalue weighted by Crippen LogP contribution is -2.43. The van der Waals surface area contributed by atoms with E-state index in [4.69, 9.17) is 20.2 Å². The number of aliphatic imine (C=N–C) groups is 1. The van der Waals surface area contributed by atoms with Gasteiger partial charge in [0.1, 0.15) is 11.6 Å². The van der Waals surface area contributed by atoms with E-state index in [1.807, 2.05) is 25.2 Å². The molecule has 5 rings (SSSR count). The van der Waals surface area contributed by atoms with Crippen molar-refractivity contribution in [2.75, 3.05) is 6.61 Å². The normalized spacial score (nSPS) is 23.1. The molecule has 3 atom stereocenters. The van der Waals surface area contributed by atoms with Crippen LogP contribution in [-0.4, -0.2) is 40.9 Å². The summed E-state index contributed by atoms with van der Waals surface area (Å²) in [5, 5.41) is 11.0. The fourth-order valence-electron chi connectivity index (χ4n) is 5.87. The second kappa shape index (κ2) is 8.91. The van der Waals surface area contributed by atoms with E-state index in [9.17, 15) is 14.7 Å². The number of hydrogen-bond acceptors (Lipinski definition) is 5. The minimum Gasteiger partial charge on any atom is -0.497 e. The highest BCUT2D eigenvalue weighted by Crippen LogP contribution is 2.53. The first-order valence-electron chi connectivity index (χ1n) is 12.6. The minimum atomic E-state index is -1.46. The van der Waals surface area contributed by atoms with Gasteiger partial charge in [-0.25, -0.2) is 9.18 Å². The van der Waals surface area contributed by atoms with Crippen LogP contribution in [0.1, 0.15) is 67.3 Å². The molecule has 8 heteroatoms. The number of dihydropyridines is 1. The summed E-state index contributed by atoms with van der Waals surface area (Å²) in [5.74, 6) is -1.92. The van der Waals surface area contributed by atoms with Gasteiger partial charge in [0.2, 0.25) is 5.91 Å². The van der Waals surface area contributed by atoms with Crippen LogP contribution in [0.5, 0.6) is 0 Å². The topological polar surface area (TPSA) is 111 Å². The molecule has 0 saturated carbocycles. The van der Waals surface area contributed by atoms with E-state index in [-0.39, 0.29) is 28.0 Å². The zero-order valence-corrected chi connectivity index (χ0v) is 22.1. The number of carbonyl (C=O) groups is 2. The number of carboxylic acids is 1. The van der Waals surface area contributed by atoms with Crippen molar-refractivity contribution in [1.29, 1.82) is 0 Å². The predicted octanol–water partition coefficient (Wildman–Crippen LogP) is 5.41. The number of benzene rings is 2. The number of allylic oxidation sites excluding steroid dienone is 3. The SMILES string of the molecule is Cc1c(C(OC(C)(C)C)C(=O)O)c(C2=CC=C3OCCC4=CC=NC2(C)C43)c2ccc(C(N)=O)cc2c1F. The predicted molar refractivity (Wildman–Crippen MR) is 143 cm³/mol. The number of amides is 1. The number of halogens is 1. The van der Waals surface area contributed by atoms with Crippen molar-refractivity contribution < 1.29 is 28.6 Å². The molecule has 0 radical (unpaired) electrons. The average molecular weight is 519 g/mol. The van der Waals surface area contributed by atoms with Crippen LogP contribution in [0, 0.1) is 18.7 Å². The third-order valence-corrected chi connectivity index (χ3v) is 7.51. The highest BCUT2D eigenvalue weighted by atomic mass is 19.1. The molecular weight excluding hydrogens is 487 g/mol. The van der Waals surface area contributed by atoms with Crippen molar-refractivity contribution in [3.05, 3.63) is 75.8 Å². The third kappa shape index (κ3) is 4.04. The minimum absolute atomic E-state index is 0.125. The van der Waals surface area contributed by atoms with E-state index < -0.39 is 34.9 Å². The monoisotopic (exact) mass is 518 g/mol. The molecule has 3 aliphatic rings. The summed E-state index contributed by atoms with van der Waals surface area (Å²) in [6.45, 7) is 9.37. The molecule has 1 saturated heterocycles. The lowest BCUT2D eigenvalue weighted by Gasteiger charge is -2.45.